The van der Waals surface area contributed by atoms with Crippen molar-refractivity contribution in [2.45, 2.75) is 11.4 Å². The van der Waals surface area contributed by atoms with Gasteiger partial charge in [-0.15, -0.1) is 23.1 Å². The first-order valence-corrected chi connectivity index (χ1v) is 11.1. The molecule has 30 heavy (non-hydrogen) atoms. The molecule has 3 aliphatic heterocycles. The van der Waals surface area contributed by atoms with Crippen LogP contribution >= 0.6 is 35.7 Å². The lowest BCUT2D eigenvalue weighted by molar-refractivity contribution is -0.146. The number of thiazole rings is 1. The fourth-order valence-electron chi connectivity index (χ4n) is 3.46. The number of aromatic nitrogens is 1. The highest BCUT2D eigenvalue weighted by Crippen LogP contribution is 2.43. The summed E-state index contributed by atoms with van der Waals surface area (Å²) >= 11 is 6.44. The Bertz CT molecular complexity index is 957. The van der Waals surface area contributed by atoms with Gasteiger partial charge in [0.2, 0.25) is 5.12 Å². The van der Waals surface area contributed by atoms with Crippen LogP contribution in [-0.4, -0.2) is 74.9 Å². The molecule has 0 bridgehead atoms. The van der Waals surface area contributed by atoms with Crippen LogP contribution in [0.5, 0.6) is 0 Å². The highest BCUT2D eigenvalue weighted by Gasteiger charge is 2.54. The zero-order valence-corrected chi connectivity index (χ0v) is 17.8. The van der Waals surface area contributed by atoms with Crippen LogP contribution in [0.2, 0.25) is 0 Å². The quantitative estimate of drug-likeness (QED) is 0.148. The van der Waals surface area contributed by atoms with Gasteiger partial charge in [0, 0.05) is 17.1 Å². The first kappa shape index (κ1) is 21.1. The number of hydrogen-bond acceptors (Lipinski definition) is 11. The Morgan fingerprint density at radius 2 is 2.13 bits per heavy atom. The van der Waals surface area contributed by atoms with Crippen molar-refractivity contribution in [2.24, 2.45) is 11.1 Å². The number of fused-ring (bicyclic) bond motifs is 1. The molecule has 2 amide bonds. The number of hydrogen-bond donors (Lipinski definition) is 4. The van der Waals surface area contributed by atoms with Crippen LogP contribution in [0.25, 0.3) is 0 Å². The van der Waals surface area contributed by atoms with Crippen LogP contribution in [0.15, 0.2) is 21.8 Å². The lowest BCUT2D eigenvalue weighted by atomic mass is 9.95. The van der Waals surface area contributed by atoms with Crippen molar-refractivity contribution in [3.8, 4) is 0 Å². The van der Waals surface area contributed by atoms with Gasteiger partial charge in [-0.3, -0.25) is 19.3 Å². The van der Waals surface area contributed by atoms with E-state index in [9.17, 15) is 19.6 Å². The molecule has 1 unspecified atom stereocenters. The number of ether oxygens (including phenoxy) is 2. The van der Waals surface area contributed by atoms with E-state index in [4.69, 9.17) is 15.2 Å². The van der Waals surface area contributed by atoms with Crippen molar-refractivity contribution in [3.63, 3.8) is 0 Å². The zero-order chi connectivity index (χ0) is 21.4. The van der Waals surface area contributed by atoms with Crippen molar-refractivity contribution in [1.29, 1.82) is 0 Å². The van der Waals surface area contributed by atoms with Gasteiger partial charge in [0.1, 0.15) is 23.9 Å². The fourth-order valence-corrected chi connectivity index (χ4v) is 5.72. The Kier molecular flexibility index (Phi) is 6.02. The Balaban J connectivity index is 1.52. The molecule has 0 aliphatic carbocycles. The molecular formula is C16H17N5O6S3. The van der Waals surface area contributed by atoms with Crippen LogP contribution in [-0.2, 0) is 23.9 Å². The molecule has 4 rings (SSSR count). The van der Waals surface area contributed by atoms with Crippen molar-refractivity contribution in [2.75, 3.05) is 31.5 Å². The average Bonchev–Trinajstić information content (AvgIpc) is 3.17. The molecular weight excluding hydrogens is 454 g/mol. The predicted molar refractivity (Wildman–Crippen MR) is 111 cm³/mol. The fraction of sp³-hybridized carbons (Fsp3) is 0.438. The number of amides is 2. The summed E-state index contributed by atoms with van der Waals surface area (Å²) in [6, 6.07) is -0.890. The number of nitrogens with zero attached hydrogens (tertiary/aromatic N) is 3. The SMILES string of the molecule is Nc1nc(/C(=N/O)C(=O)NC2C(=O)N3C(C(=O)S)=C(C4COCOC4)CS[C@H]23)cs1. The summed E-state index contributed by atoms with van der Waals surface area (Å²) in [7, 11) is 0. The number of carbonyl (C=O) groups excluding carboxylic acids is 3. The van der Waals surface area contributed by atoms with Crippen molar-refractivity contribution >= 4 is 63.5 Å². The average molecular weight is 472 g/mol. The number of nitrogens with two attached hydrogens (primary N) is 1. The van der Waals surface area contributed by atoms with Gasteiger partial charge in [0.15, 0.2) is 10.8 Å². The van der Waals surface area contributed by atoms with Crippen molar-refractivity contribution in [1.82, 2.24) is 15.2 Å². The number of nitrogen functional groups attached to an aromatic ring is 1. The zero-order valence-electron chi connectivity index (χ0n) is 15.3. The molecule has 14 heteroatoms. The largest absolute Gasteiger partial charge is 0.410 e. The van der Waals surface area contributed by atoms with Gasteiger partial charge in [-0.1, -0.05) is 17.8 Å². The van der Waals surface area contributed by atoms with Crippen molar-refractivity contribution < 1.29 is 29.1 Å². The standard InChI is InChI=1S/C16H17N5O6S3/c17-16-18-8(4-30-16)9(20-25)12(22)19-10-13(23)21-11(15(24)28)7(3-29-14(10)21)6-1-26-5-27-2-6/h4,6,10,14,25H,1-3,5H2,(H2,17,18)(H,19,22)(H,24,28)/b20-9-/t10?,14-/m1/s1. The van der Waals surface area contributed by atoms with Gasteiger partial charge < -0.3 is 25.7 Å². The molecule has 2 saturated heterocycles. The van der Waals surface area contributed by atoms with E-state index in [0.717, 1.165) is 16.9 Å². The number of β-lactam (4-membered cyclic amide) rings is 1. The van der Waals surface area contributed by atoms with Crippen LogP contribution < -0.4 is 11.1 Å². The number of oxime groups is 1. The smallest absolute Gasteiger partial charge is 0.276 e. The molecule has 3 aliphatic rings. The Labute approximate surface area is 184 Å². The van der Waals surface area contributed by atoms with Crippen LogP contribution in [0, 0.1) is 5.92 Å². The van der Waals surface area contributed by atoms with Gasteiger partial charge in [0.05, 0.1) is 18.9 Å². The molecule has 11 nitrogen and oxygen atoms in total. The third kappa shape index (κ3) is 3.69. The molecule has 160 valence electrons. The molecule has 0 spiro atoms. The second kappa shape index (κ2) is 8.55. The minimum absolute atomic E-state index is 0.100. The van der Waals surface area contributed by atoms with Gasteiger partial charge >= 0.3 is 0 Å². The molecule has 2 atom stereocenters. The first-order chi connectivity index (χ1) is 14.4. The molecule has 2 fully saturated rings. The third-order valence-electron chi connectivity index (χ3n) is 4.86. The number of carbonyl (C=O) groups is 3. The second-order valence-corrected chi connectivity index (χ2v) is 9.02. The third-order valence-corrected chi connectivity index (χ3v) is 7.05. The van der Waals surface area contributed by atoms with Gasteiger partial charge in [-0.05, 0) is 5.57 Å². The van der Waals surface area contributed by atoms with Gasteiger partial charge in [-0.25, -0.2) is 4.98 Å². The summed E-state index contributed by atoms with van der Waals surface area (Å²) in [5.74, 6) is -0.918. The molecule has 1 aromatic rings. The van der Waals surface area contributed by atoms with E-state index < -0.39 is 28.3 Å². The topological polar surface area (TPSA) is 156 Å². The summed E-state index contributed by atoms with van der Waals surface area (Å²) in [5, 5.41) is 15.4. The van der Waals surface area contributed by atoms with Crippen molar-refractivity contribution in [3.05, 3.63) is 22.3 Å². The number of thioether (sulfide) groups is 1. The summed E-state index contributed by atoms with van der Waals surface area (Å²) < 4.78 is 10.6. The molecule has 1 aromatic heterocycles. The van der Waals surface area contributed by atoms with Crippen LogP contribution in [0.1, 0.15) is 5.69 Å². The molecule has 0 radical (unpaired) electrons. The summed E-state index contributed by atoms with van der Waals surface area (Å²) in [6.45, 7) is 0.973. The highest BCUT2D eigenvalue weighted by molar-refractivity contribution is 8.00. The van der Waals surface area contributed by atoms with Gasteiger partial charge in [0.25, 0.3) is 11.8 Å². The highest BCUT2D eigenvalue weighted by atomic mass is 32.2. The number of anilines is 1. The molecule has 0 saturated carbocycles. The lowest BCUT2D eigenvalue weighted by Crippen LogP contribution is -2.71. The van der Waals surface area contributed by atoms with Gasteiger partial charge in [-0.2, -0.15) is 0 Å². The normalized spacial score (nSPS) is 25.0. The minimum Gasteiger partial charge on any atom is -0.410 e. The van der Waals surface area contributed by atoms with Crippen LogP contribution in [0.3, 0.4) is 0 Å². The van der Waals surface area contributed by atoms with E-state index >= 15 is 0 Å². The summed E-state index contributed by atoms with van der Waals surface area (Å²) in [5.41, 5.74) is 6.25. The van der Waals surface area contributed by atoms with E-state index in [2.05, 4.69) is 28.1 Å². The second-order valence-electron chi connectivity index (χ2n) is 6.62. The Hall–Kier alpha value is -2.13. The van der Waals surface area contributed by atoms with Crippen LogP contribution in [0.4, 0.5) is 5.13 Å². The number of nitrogens with one attached hydrogen (secondary N) is 1. The number of rotatable bonds is 5. The van der Waals surface area contributed by atoms with E-state index in [0.29, 0.717) is 19.0 Å². The van der Waals surface area contributed by atoms with E-state index in [1.165, 1.54) is 22.0 Å². The van der Waals surface area contributed by atoms with E-state index in [-0.39, 0.29) is 34.9 Å². The Morgan fingerprint density at radius 1 is 1.40 bits per heavy atom. The summed E-state index contributed by atoms with van der Waals surface area (Å²) in [6.07, 6.45) is 0. The summed E-state index contributed by atoms with van der Waals surface area (Å²) in [4.78, 5) is 42.8. The monoisotopic (exact) mass is 471 g/mol. The van der Waals surface area contributed by atoms with E-state index in [1.807, 2.05) is 0 Å². The molecule has 4 N–H and O–H groups in total. The maximum Gasteiger partial charge on any atom is 0.276 e. The molecule has 0 aromatic carbocycles. The number of thiol groups is 1. The first-order valence-electron chi connectivity index (χ1n) is 8.73. The minimum atomic E-state index is -0.890. The lowest BCUT2D eigenvalue weighted by Gasteiger charge is -2.50. The molecule has 4 heterocycles. The maximum absolute atomic E-state index is 12.8. The Morgan fingerprint density at radius 3 is 2.73 bits per heavy atom. The maximum atomic E-state index is 12.8. The van der Waals surface area contributed by atoms with E-state index in [1.54, 1.807) is 0 Å². The predicted octanol–water partition coefficient (Wildman–Crippen LogP) is -0.365.